The van der Waals surface area contributed by atoms with E-state index in [1.807, 2.05) is 0 Å². The van der Waals surface area contributed by atoms with Crippen LogP contribution in [0, 0.1) is 5.82 Å². The lowest BCUT2D eigenvalue weighted by Crippen LogP contribution is -2.35. The molecule has 1 heterocycles. The zero-order chi connectivity index (χ0) is 17.8. The van der Waals surface area contributed by atoms with Crippen LogP contribution in [0.15, 0.2) is 47.0 Å². The molecule has 0 aliphatic heterocycles. The van der Waals surface area contributed by atoms with Crippen molar-refractivity contribution in [1.82, 2.24) is 10.1 Å². The molecule has 7 heteroatoms. The lowest BCUT2D eigenvalue weighted by atomic mass is 10.1. The third kappa shape index (κ3) is 3.52. The number of halogens is 1. The third-order valence-corrected chi connectivity index (χ3v) is 3.86. The van der Waals surface area contributed by atoms with Crippen LogP contribution in [0.2, 0.25) is 0 Å². The van der Waals surface area contributed by atoms with Crippen molar-refractivity contribution in [2.75, 3.05) is 26.3 Å². The Morgan fingerprint density at radius 1 is 1.08 bits per heavy atom. The summed E-state index contributed by atoms with van der Waals surface area (Å²) in [6.07, 6.45) is 0. The molecule has 0 bridgehead atoms. The Morgan fingerprint density at radius 2 is 1.76 bits per heavy atom. The fourth-order valence-corrected chi connectivity index (χ4v) is 2.62. The average Bonchev–Trinajstić information content (AvgIpc) is 3.05. The number of carbonyl (C=O) groups is 1. The van der Waals surface area contributed by atoms with E-state index in [9.17, 15) is 9.18 Å². The maximum atomic E-state index is 13.1. The lowest BCUT2D eigenvalue weighted by molar-refractivity contribution is 0.0685. The monoisotopic (exact) mass is 344 g/mol. The van der Waals surface area contributed by atoms with E-state index in [0.29, 0.717) is 27.8 Å². The smallest absolute Gasteiger partial charge is 0.254 e. The maximum absolute atomic E-state index is 13.1. The van der Waals surface area contributed by atoms with Gasteiger partial charge in [-0.2, -0.15) is 0 Å². The summed E-state index contributed by atoms with van der Waals surface area (Å²) < 4.78 is 18.5. The molecule has 6 nitrogen and oxygen atoms in total. The Hall–Kier alpha value is -2.77. The summed E-state index contributed by atoms with van der Waals surface area (Å²) in [7, 11) is 0. The first kappa shape index (κ1) is 17.1. The Morgan fingerprint density at radius 3 is 2.40 bits per heavy atom. The minimum absolute atomic E-state index is 0.131. The summed E-state index contributed by atoms with van der Waals surface area (Å²) in [6.45, 7) is -0.123. The standard InChI is InChI=1S/C18H17FN2O4/c19-14-4-1-12(2-5-14)17-15-11-13(3-6-16(15)20-25-17)18(24)21(7-9-22)8-10-23/h1-6,11,22-23H,7-10H2. The molecular formula is C18H17FN2O4. The molecule has 0 aliphatic rings. The number of fused-ring (bicyclic) bond motifs is 1. The van der Waals surface area contributed by atoms with E-state index in [1.54, 1.807) is 30.3 Å². The molecule has 3 rings (SSSR count). The van der Waals surface area contributed by atoms with Crippen LogP contribution in [0.3, 0.4) is 0 Å². The van der Waals surface area contributed by atoms with E-state index in [1.165, 1.54) is 17.0 Å². The van der Waals surface area contributed by atoms with Crippen molar-refractivity contribution in [3.05, 3.63) is 53.8 Å². The Balaban J connectivity index is 2.00. The van der Waals surface area contributed by atoms with Crippen LogP contribution >= 0.6 is 0 Å². The molecule has 130 valence electrons. The van der Waals surface area contributed by atoms with Gasteiger partial charge in [0.15, 0.2) is 5.76 Å². The molecule has 25 heavy (non-hydrogen) atoms. The molecule has 0 atom stereocenters. The van der Waals surface area contributed by atoms with E-state index >= 15 is 0 Å². The molecule has 0 aliphatic carbocycles. The normalized spacial score (nSPS) is 11.0. The zero-order valence-electron chi connectivity index (χ0n) is 13.4. The van der Waals surface area contributed by atoms with Gasteiger partial charge in [0.2, 0.25) is 0 Å². The van der Waals surface area contributed by atoms with Gasteiger partial charge < -0.3 is 19.6 Å². The van der Waals surface area contributed by atoms with Gasteiger partial charge in [-0.3, -0.25) is 4.79 Å². The van der Waals surface area contributed by atoms with Crippen LogP contribution in [0.1, 0.15) is 10.4 Å². The number of aromatic nitrogens is 1. The number of hydrogen-bond acceptors (Lipinski definition) is 5. The summed E-state index contributed by atoms with van der Waals surface area (Å²) in [5.74, 6) is -0.219. The van der Waals surface area contributed by atoms with Crippen molar-refractivity contribution < 1.29 is 23.9 Å². The summed E-state index contributed by atoms with van der Waals surface area (Å²) in [4.78, 5) is 14.0. The van der Waals surface area contributed by atoms with Gasteiger partial charge in [-0.1, -0.05) is 5.16 Å². The molecule has 3 aromatic rings. The van der Waals surface area contributed by atoms with Crippen molar-refractivity contribution in [3.63, 3.8) is 0 Å². The maximum Gasteiger partial charge on any atom is 0.254 e. The molecule has 2 N–H and O–H groups in total. The molecule has 1 aromatic heterocycles. The number of hydrogen-bond donors (Lipinski definition) is 2. The number of aliphatic hydroxyl groups excluding tert-OH is 2. The van der Waals surface area contributed by atoms with Gasteiger partial charge in [-0.25, -0.2) is 4.39 Å². The largest absolute Gasteiger partial charge is 0.395 e. The van der Waals surface area contributed by atoms with Gasteiger partial charge in [-0.05, 0) is 42.5 Å². The van der Waals surface area contributed by atoms with E-state index in [4.69, 9.17) is 14.7 Å². The zero-order valence-corrected chi connectivity index (χ0v) is 13.4. The van der Waals surface area contributed by atoms with Gasteiger partial charge in [0.25, 0.3) is 5.91 Å². The summed E-state index contributed by atoms with van der Waals surface area (Å²) in [5, 5.41) is 22.8. The Bertz CT molecular complexity index is 870. The molecule has 0 unspecified atom stereocenters. The fraction of sp³-hybridized carbons (Fsp3) is 0.222. The molecule has 0 saturated carbocycles. The van der Waals surface area contributed by atoms with Crippen LogP contribution in [-0.4, -0.2) is 52.5 Å². The highest BCUT2D eigenvalue weighted by Gasteiger charge is 2.18. The van der Waals surface area contributed by atoms with Crippen molar-refractivity contribution >= 4 is 16.8 Å². The number of benzene rings is 2. The first-order valence-corrected chi connectivity index (χ1v) is 7.80. The van der Waals surface area contributed by atoms with Crippen LogP contribution in [0.4, 0.5) is 4.39 Å². The highest BCUT2D eigenvalue weighted by atomic mass is 19.1. The summed E-state index contributed by atoms with van der Waals surface area (Å²) in [6, 6.07) is 10.7. The van der Waals surface area contributed by atoms with Crippen molar-refractivity contribution in [1.29, 1.82) is 0 Å². The summed E-state index contributed by atoms with van der Waals surface area (Å²) in [5.41, 5.74) is 1.61. The SMILES string of the molecule is O=C(c1ccc2noc(-c3ccc(F)cc3)c2c1)N(CCO)CCO. The van der Waals surface area contributed by atoms with Gasteiger partial charge in [0, 0.05) is 24.2 Å². The first-order chi connectivity index (χ1) is 12.1. The highest BCUT2D eigenvalue weighted by Crippen LogP contribution is 2.29. The molecule has 2 aromatic carbocycles. The van der Waals surface area contributed by atoms with Crippen LogP contribution in [-0.2, 0) is 0 Å². The molecule has 0 saturated heterocycles. The molecular weight excluding hydrogens is 327 g/mol. The number of carbonyl (C=O) groups excluding carboxylic acids is 1. The fourth-order valence-electron chi connectivity index (χ4n) is 2.62. The van der Waals surface area contributed by atoms with Crippen LogP contribution in [0.25, 0.3) is 22.2 Å². The predicted molar refractivity (Wildman–Crippen MR) is 89.5 cm³/mol. The van der Waals surface area contributed by atoms with Gasteiger partial charge in [0.1, 0.15) is 11.3 Å². The van der Waals surface area contributed by atoms with Crippen LogP contribution < -0.4 is 0 Å². The van der Waals surface area contributed by atoms with E-state index < -0.39 is 0 Å². The Kier molecular flexibility index (Phi) is 5.06. The first-order valence-electron chi connectivity index (χ1n) is 7.80. The van der Waals surface area contributed by atoms with Crippen molar-refractivity contribution in [2.45, 2.75) is 0 Å². The van der Waals surface area contributed by atoms with Gasteiger partial charge in [-0.15, -0.1) is 0 Å². The van der Waals surface area contributed by atoms with Crippen molar-refractivity contribution in [2.24, 2.45) is 0 Å². The second-order valence-electron chi connectivity index (χ2n) is 5.49. The number of aliphatic hydroxyl groups is 2. The average molecular weight is 344 g/mol. The lowest BCUT2D eigenvalue weighted by Gasteiger charge is -2.20. The van der Waals surface area contributed by atoms with E-state index in [2.05, 4.69) is 5.16 Å². The quantitative estimate of drug-likeness (QED) is 0.715. The topological polar surface area (TPSA) is 86.8 Å². The second-order valence-corrected chi connectivity index (χ2v) is 5.49. The molecule has 0 spiro atoms. The second kappa shape index (κ2) is 7.42. The minimum Gasteiger partial charge on any atom is -0.395 e. The predicted octanol–water partition coefficient (Wildman–Crippen LogP) is 2.06. The Labute approximate surface area is 143 Å². The third-order valence-electron chi connectivity index (χ3n) is 3.86. The van der Waals surface area contributed by atoms with Gasteiger partial charge >= 0.3 is 0 Å². The number of nitrogens with zero attached hydrogens (tertiary/aromatic N) is 2. The molecule has 1 amide bonds. The summed E-state index contributed by atoms with van der Waals surface area (Å²) >= 11 is 0. The van der Waals surface area contributed by atoms with Crippen LogP contribution in [0.5, 0.6) is 0 Å². The number of rotatable bonds is 6. The van der Waals surface area contributed by atoms with Crippen molar-refractivity contribution in [3.8, 4) is 11.3 Å². The van der Waals surface area contributed by atoms with E-state index in [-0.39, 0.29) is 38.0 Å². The molecule has 0 radical (unpaired) electrons. The van der Waals surface area contributed by atoms with E-state index in [0.717, 1.165) is 0 Å². The highest BCUT2D eigenvalue weighted by molar-refractivity contribution is 6.01. The van der Waals surface area contributed by atoms with Gasteiger partial charge in [0.05, 0.1) is 18.6 Å². The number of amides is 1. The minimum atomic E-state index is -0.355. The molecule has 0 fully saturated rings.